The highest BCUT2D eigenvalue weighted by Gasteiger charge is 2.22. The number of aliphatic hydroxyl groups is 1. The third-order valence-electron chi connectivity index (χ3n) is 5.07. The molecular weight excluding hydrogens is 389 g/mol. The van der Waals surface area contributed by atoms with Crippen LogP contribution in [0.25, 0.3) is 10.9 Å². The van der Waals surface area contributed by atoms with Crippen LogP contribution in [0.2, 0.25) is 0 Å². The van der Waals surface area contributed by atoms with Gasteiger partial charge in [-0.3, -0.25) is 14.6 Å². The zero-order valence-corrected chi connectivity index (χ0v) is 16.6. The maximum atomic E-state index is 12.4. The maximum absolute atomic E-state index is 12.4. The van der Waals surface area contributed by atoms with Crippen molar-refractivity contribution < 1.29 is 19.0 Å². The maximum Gasteiger partial charge on any atom is 0.268 e. The molecule has 4 rings (SSSR count). The highest BCUT2D eigenvalue weighted by molar-refractivity contribution is 6.03. The van der Waals surface area contributed by atoms with Crippen LogP contribution in [0.4, 0.5) is 4.39 Å². The molecule has 1 aliphatic rings. The Morgan fingerprint density at radius 1 is 1.33 bits per heavy atom. The minimum absolute atomic E-state index is 0.00816. The van der Waals surface area contributed by atoms with Crippen molar-refractivity contribution in [1.29, 1.82) is 0 Å². The normalized spacial score (nSPS) is 18.5. The van der Waals surface area contributed by atoms with Gasteiger partial charge in [-0.05, 0) is 31.9 Å². The number of carbonyl (C=O) groups excluding carboxylic acids is 1. The van der Waals surface area contributed by atoms with Gasteiger partial charge in [-0.15, -0.1) is 0 Å². The monoisotopic (exact) mass is 413 g/mol. The van der Waals surface area contributed by atoms with Crippen molar-refractivity contribution >= 4 is 16.8 Å². The Morgan fingerprint density at radius 3 is 2.70 bits per heavy atom. The Bertz CT molecular complexity index is 1090. The summed E-state index contributed by atoms with van der Waals surface area (Å²) in [5, 5.41) is 8.73. The van der Waals surface area contributed by atoms with Crippen LogP contribution in [0.3, 0.4) is 0 Å². The zero-order valence-electron chi connectivity index (χ0n) is 16.6. The lowest BCUT2D eigenvalue weighted by Gasteiger charge is -2.27. The minimum atomic E-state index is -0.700. The number of amides is 1. The predicted molar refractivity (Wildman–Crippen MR) is 111 cm³/mol. The number of carbonyl (C=O) groups is 1. The fraction of sp³-hybridized carbons (Fsp3) is 0.318. The molecule has 0 bridgehead atoms. The summed E-state index contributed by atoms with van der Waals surface area (Å²) < 4.78 is 18.1. The van der Waals surface area contributed by atoms with Gasteiger partial charge in [-0.1, -0.05) is 18.2 Å². The molecule has 0 saturated carbocycles. The first-order valence-corrected chi connectivity index (χ1v) is 9.68. The molecule has 1 amide bonds. The highest BCUT2D eigenvalue weighted by Crippen LogP contribution is 2.27. The lowest BCUT2D eigenvalue weighted by Crippen LogP contribution is -2.24. The second-order valence-electron chi connectivity index (χ2n) is 7.20. The number of hydrogen-bond donors (Lipinski definition) is 3. The van der Waals surface area contributed by atoms with Gasteiger partial charge in [-0.2, -0.15) is 0 Å². The van der Waals surface area contributed by atoms with Gasteiger partial charge >= 0.3 is 0 Å². The van der Waals surface area contributed by atoms with E-state index in [1.807, 2.05) is 6.92 Å². The van der Waals surface area contributed by atoms with Gasteiger partial charge in [0.05, 0.1) is 30.2 Å². The molecule has 1 saturated heterocycles. The average Bonchev–Trinajstić information content (AvgIpc) is 2.74. The van der Waals surface area contributed by atoms with Crippen LogP contribution in [-0.2, 0) is 11.3 Å². The Balaban J connectivity index is 0.000000239. The molecule has 3 aromatic rings. The van der Waals surface area contributed by atoms with E-state index in [1.54, 1.807) is 24.3 Å². The Hall–Kier alpha value is -3.10. The van der Waals surface area contributed by atoms with Crippen LogP contribution in [0.5, 0.6) is 0 Å². The Kier molecular flexibility index (Phi) is 6.91. The van der Waals surface area contributed by atoms with Gasteiger partial charge in [0.25, 0.3) is 5.91 Å². The number of nitrogens with one attached hydrogen (secondary N) is 1. The molecule has 158 valence electrons. The molecular formula is C22H24FN3O4. The van der Waals surface area contributed by atoms with Crippen LogP contribution in [-0.4, -0.2) is 33.7 Å². The number of aliphatic hydroxyl groups excluding tert-OH is 1. The van der Waals surface area contributed by atoms with Crippen LogP contribution in [0, 0.1) is 5.82 Å². The standard InChI is InChI=1S/C15H17N3O3.C7H7FO/c1-8-2-3-9(7-21-8)11-6-12(19)13-10(18-11)4-5-17-14(13)15(16)20;8-7-4-2-1-3-6(7)5-9/h4-6,8-9H,2-3,7H2,1H3,(H2,16,20)(H,18,19);1-4,9H,5H2. The number of pyridine rings is 2. The van der Waals surface area contributed by atoms with E-state index in [9.17, 15) is 14.0 Å². The van der Waals surface area contributed by atoms with Gasteiger partial charge in [0.1, 0.15) is 11.5 Å². The number of fused-ring (bicyclic) bond motifs is 1. The first-order valence-electron chi connectivity index (χ1n) is 9.68. The van der Waals surface area contributed by atoms with Crippen molar-refractivity contribution in [1.82, 2.24) is 9.97 Å². The van der Waals surface area contributed by atoms with E-state index in [0.29, 0.717) is 17.7 Å². The highest BCUT2D eigenvalue weighted by atomic mass is 19.1. The van der Waals surface area contributed by atoms with Crippen LogP contribution >= 0.6 is 0 Å². The van der Waals surface area contributed by atoms with Gasteiger partial charge in [0.2, 0.25) is 0 Å². The third-order valence-corrected chi connectivity index (χ3v) is 5.07. The summed E-state index contributed by atoms with van der Waals surface area (Å²) in [5.74, 6) is -0.878. The number of nitrogens with two attached hydrogens (primary N) is 1. The first-order chi connectivity index (χ1) is 14.4. The lowest BCUT2D eigenvalue weighted by molar-refractivity contribution is 0.0147. The van der Waals surface area contributed by atoms with Crippen LogP contribution < -0.4 is 11.2 Å². The molecule has 2 unspecified atom stereocenters. The molecule has 2 aromatic heterocycles. The fourth-order valence-electron chi connectivity index (χ4n) is 3.38. The molecule has 8 heteroatoms. The lowest BCUT2D eigenvalue weighted by atomic mass is 9.95. The number of nitrogens with zero attached hydrogens (tertiary/aromatic N) is 1. The van der Waals surface area contributed by atoms with Gasteiger partial charge in [-0.25, -0.2) is 4.39 Å². The smallest absolute Gasteiger partial charge is 0.268 e. The molecule has 4 N–H and O–H groups in total. The Labute approximate surface area is 172 Å². The SMILES string of the molecule is CC1CCC(c2cc(=O)c3c(C(N)=O)nccc3[nH]2)CO1.OCc1ccccc1F. The second-order valence-corrected chi connectivity index (χ2v) is 7.20. The summed E-state index contributed by atoms with van der Waals surface area (Å²) >= 11 is 0. The molecule has 1 fully saturated rings. The number of benzene rings is 1. The van der Waals surface area contributed by atoms with Crippen molar-refractivity contribution in [3.05, 3.63) is 75.6 Å². The second kappa shape index (κ2) is 9.60. The van der Waals surface area contributed by atoms with E-state index in [0.717, 1.165) is 18.5 Å². The summed E-state index contributed by atoms with van der Waals surface area (Å²) in [7, 11) is 0. The van der Waals surface area contributed by atoms with E-state index >= 15 is 0 Å². The third kappa shape index (κ3) is 4.90. The number of ether oxygens (including phenoxy) is 1. The van der Waals surface area contributed by atoms with E-state index in [2.05, 4.69) is 9.97 Å². The molecule has 7 nitrogen and oxygen atoms in total. The van der Waals surface area contributed by atoms with E-state index in [4.69, 9.17) is 15.6 Å². The number of H-pyrrole nitrogens is 1. The molecule has 0 spiro atoms. The average molecular weight is 413 g/mol. The summed E-state index contributed by atoms with van der Waals surface area (Å²) in [6.45, 7) is 2.41. The summed E-state index contributed by atoms with van der Waals surface area (Å²) in [5.41, 5.74) is 6.80. The van der Waals surface area contributed by atoms with Crippen molar-refractivity contribution in [3.8, 4) is 0 Å². The molecule has 0 radical (unpaired) electrons. The van der Waals surface area contributed by atoms with E-state index in [1.165, 1.54) is 18.3 Å². The molecule has 30 heavy (non-hydrogen) atoms. The van der Waals surface area contributed by atoms with Crippen LogP contribution in [0.15, 0.2) is 47.4 Å². The number of aromatic amines is 1. The quantitative estimate of drug-likeness (QED) is 0.610. The Morgan fingerprint density at radius 2 is 2.10 bits per heavy atom. The van der Waals surface area contributed by atoms with Crippen molar-refractivity contribution in [3.63, 3.8) is 0 Å². The molecule has 2 atom stereocenters. The predicted octanol–water partition coefficient (Wildman–Crippen LogP) is 2.62. The minimum Gasteiger partial charge on any atom is -0.392 e. The van der Waals surface area contributed by atoms with Crippen LogP contribution in [0.1, 0.15) is 47.4 Å². The largest absolute Gasteiger partial charge is 0.392 e. The van der Waals surface area contributed by atoms with Crippen molar-refractivity contribution in [2.75, 3.05) is 6.61 Å². The van der Waals surface area contributed by atoms with Crippen molar-refractivity contribution in [2.24, 2.45) is 5.73 Å². The number of hydrogen-bond acceptors (Lipinski definition) is 5. The molecule has 1 aromatic carbocycles. The van der Waals surface area contributed by atoms with Gasteiger partial charge < -0.3 is 20.6 Å². The number of aromatic nitrogens is 2. The van der Waals surface area contributed by atoms with E-state index < -0.39 is 5.91 Å². The van der Waals surface area contributed by atoms with Gasteiger partial charge in [0, 0.05) is 29.4 Å². The topological polar surface area (TPSA) is 118 Å². The van der Waals surface area contributed by atoms with Crippen molar-refractivity contribution in [2.45, 2.75) is 38.4 Å². The number of rotatable bonds is 3. The number of halogens is 1. The number of primary amides is 1. The molecule has 1 aliphatic heterocycles. The fourth-order valence-corrected chi connectivity index (χ4v) is 3.38. The molecule has 3 heterocycles. The first kappa shape index (κ1) is 21.6. The summed E-state index contributed by atoms with van der Waals surface area (Å²) in [6.07, 6.45) is 3.67. The zero-order chi connectivity index (χ0) is 21.7. The molecule has 0 aliphatic carbocycles. The summed E-state index contributed by atoms with van der Waals surface area (Å²) in [4.78, 5) is 30.8. The van der Waals surface area contributed by atoms with E-state index in [-0.39, 0.29) is 41.0 Å². The summed E-state index contributed by atoms with van der Waals surface area (Å²) in [6, 6.07) is 9.36. The van der Waals surface area contributed by atoms with Gasteiger partial charge in [0.15, 0.2) is 5.43 Å².